The van der Waals surface area contributed by atoms with E-state index in [4.69, 9.17) is 0 Å². The second kappa shape index (κ2) is 6.79. The molecule has 18 heavy (non-hydrogen) atoms. The summed E-state index contributed by atoms with van der Waals surface area (Å²) >= 11 is 0. The average Bonchev–Trinajstić information content (AvgIpc) is 2.34. The zero-order valence-electron chi connectivity index (χ0n) is 11.1. The van der Waals surface area contributed by atoms with Gasteiger partial charge in [0, 0.05) is 12.2 Å². The van der Waals surface area contributed by atoms with Gasteiger partial charge in [-0.15, -0.1) is 0 Å². The minimum absolute atomic E-state index is 0.136. The molecule has 1 atom stereocenters. The van der Waals surface area contributed by atoms with Crippen LogP contribution in [0.1, 0.15) is 26.3 Å². The summed E-state index contributed by atoms with van der Waals surface area (Å²) in [5.74, 6) is 0.385. The van der Waals surface area contributed by atoms with Gasteiger partial charge in [-0.2, -0.15) is 0 Å². The number of rotatable bonds is 7. The van der Waals surface area contributed by atoms with Crippen molar-refractivity contribution in [2.45, 2.75) is 33.4 Å². The molecule has 0 heterocycles. The predicted molar refractivity (Wildman–Crippen MR) is 72.3 cm³/mol. The third kappa shape index (κ3) is 4.20. The van der Waals surface area contributed by atoms with E-state index in [1.807, 2.05) is 38.1 Å². The highest BCUT2D eigenvalue weighted by Gasteiger charge is 2.17. The fourth-order valence-corrected chi connectivity index (χ4v) is 1.80. The van der Waals surface area contributed by atoms with Crippen molar-refractivity contribution in [3.05, 3.63) is 29.8 Å². The number of Topliss-reactive ketones (excluding diaryl/α,β-unsaturated/α-hetero) is 1. The van der Waals surface area contributed by atoms with Crippen LogP contribution in [0.5, 0.6) is 0 Å². The largest absolute Gasteiger partial charge is 0.375 e. The third-order valence-electron chi connectivity index (χ3n) is 2.77. The monoisotopic (exact) mass is 248 g/mol. The first kappa shape index (κ1) is 14.2. The number of carbonyl (C=O) groups is 2. The Bertz CT molecular complexity index is 399. The lowest BCUT2D eigenvalue weighted by Gasteiger charge is -2.20. The van der Waals surface area contributed by atoms with Crippen molar-refractivity contribution in [2.24, 2.45) is 5.92 Å². The Hall–Kier alpha value is -1.84. The average molecular weight is 248 g/mol. The van der Waals surface area contributed by atoms with Gasteiger partial charge in [0.2, 0.25) is 6.41 Å². The number of benzene rings is 1. The SMILES string of the molecule is CC(=O)C(Nc1ccc(CNC=O)cc1)C(C)C. The van der Waals surface area contributed by atoms with Crippen molar-refractivity contribution in [3.63, 3.8) is 0 Å². The lowest BCUT2D eigenvalue weighted by molar-refractivity contribution is -0.118. The van der Waals surface area contributed by atoms with Gasteiger partial charge in [0.05, 0.1) is 6.04 Å². The highest BCUT2D eigenvalue weighted by Crippen LogP contribution is 2.14. The summed E-state index contributed by atoms with van der Waals surface area (Å²) < 4.78 is 0. The van der Waals surface area contributed by atoms with E-state index in [1.165, 1.54) is 0 Å². The molecule has 1 rings (SSSR count). The van der Waals surface area contributed by atoms with Gasteiger partial charge in [-0.05, 0) is 30.5 Å². The van der Waals surface area contributed by atoms with Crippen molar-refractivity contribution in [2.75, 3.05) is 5.32 Å². The van der Waals surface area contributed by atoms with E-state index in [-0.39, 0.29) is 17.7 Å². The Morgan fingerprint density at radius 1 is 1.28 bits per heavy atom. The van der Waals surface area contributed by atoms with Crippen LogP contribution < -0.4 is 10.6 Å². The Morgan fingerprint density at radius 2 is 1.89 bits per heavy atom. The molecule has 0 spiro atoms. The minimum atomic E-state index is -0.163. The fraction of sp³-hybridized carbons (Fsp3) is 0.429. The van der Waals surface area contributed by atoms with Gasteiger partial charge in [0.25, 0.3) is 0 Å². The van der Waals surface area contributed by atoms with Gasteiger partial charge in [-0.25, -0.2) is 0 Å². The number of ketones is 1. The summed E-state index contributed by atoms with van der Waals surface area (Å²) in [6, 6.07) is 7.52. The first-order valence-electron chi connectivity index (χ1n) is 6.07. The van der Waals surface area contributed by atoms with Crippen LogP contribution in [0.2, 0.25) is 0 Å². The second-order valence-corrected chi connectivity index (χ2v) is 4.67. The predicted octanol–water partition coefficient (Wildman–Crippen LogP) is 1.96. The van der Waals surface area contributed by atoms with E-state index in [2.05, 4.69) is 10.6 Å². The van der Waals surface area contributed by atoms with Gasteiger partial charge >= 0.3 is 0 Å². The molecule has 0 saturated carbocycles. The summed E-state index contributed by atoms with van der Waals surface area (Å²) in [4.78, 5) is 21.7. The fourth-order valence-electron chi connectivity index (χ4n) is 1.80. The van der Waals surface area contributed by atoms with E-state index >= 15 is 0 Å². The summed E-state index contributed by atoms with van der Waals surface area (Å²) in [6.45, 7) is 6.15. The quantitative estimate of drug-likeness (QED) is 0.725. The molecular formula is C14H20N2O2. The van der Waals surface area contributed by atoms with Crippen LogP contribution in [0.3, 0.4) is 0 Å². The molecule has 1 aromatic rings. The first-order chi connectivity index (χ1) is 8.54. The van der Waals surface area contributed by atoms with Gasteiger partial charge in [0.15, 0.2) is 5.78 Å². The molecule has 0 aliphatic rings. The van der Waals surface area contributed by atoms with Gasteiger partial charge < -0.3 is 10.6 Å². The first-order valence-corrected chi connectivity index (χ1v) is 6.07. The van der Waals surface area contributed by atoms with Crippen LogP contribution in [0, 0.1) is 5.92 Å². The zero-order chi connectivity index (χ0) is 13.5. The van der Waals surface area contributed by atoms with Gasteiger partial charge in [-0.1, -0.05) is 26.0 Å². The topological polar surface area (TPSA) is 58.2 Å². The van der Waals surface area contributed by atoms with Crippen LogP contribution in [0.15, 0.2) is 24.3 Å². The lowest BCUT2D eigenvalue weighted by Crippen LogP contribution is -2.32. The normalized spacial score (nSPS) is 12.0. The third-order valence-corrected chi connectivity index (χ3v) is 2.77. The highest BCUT2D eigenvalue weighted by atomic mass is 16.1. The number of hydrogen-bond acceptors (Lipinski definition) is 3. The maximum absolute atomic E-state index is 11.5. The maximum Gasteiger partial charge on any atom is 0.207 e. The molecule has 0 aliphatic heterocycles. The smallest absolute Gasteiger partial charge is 0.207 e. The highest BCUT2D eigenvalue weighted by molar-refractivity contribution is 5.84. The van der Waals surface area contributed by atoms with Gasteiger partial charge in [0.1, 0.15) is 0 Å². The molecule has 0 radical (unpaired) electrons. The lowest BCUT2D eigenvalue weighted by atomic mass is 10.0. The summed E-state index contributed by atoms with van der Waals surface area (Å²) in [6.07, 6.45) is 0.677. The maximum atomic E-state index is 11.5. The molecule has 1 aromatic carbocycles. The molecule has 2 N–H and O–H groups in total. The molecule has 98 valence electrons. The minimum Gasteiger partial charge on any atom is -0.375 e. The number of hydrogen-bond donors (Lipinski definition) is 2. The molecule has 0 aromatic heterocycles. The molecule has 0 bridgehead atoms. The standard InChI is InChI=1S/C14H20N2O2/c1-10(2)14(11(3)18)16-13-6-4-12(5-7-13)8-15-9-17/h4-7,9-10,14,16H,8H2,1-3H3,(H,15,17). The number of carbonyl (C=O) groups excluding carboxylic acids is 2. The zero-order valence-corrected chi connectivity index (χ0v) is 11.1. The van der Waals surface area contributed by atoms with E-state index in [9.17, 15) is 9.59 Å². The molecule has 0 saturated heterocycles. The molecule has 1 amide bonds. The van der Waals surface area contributed by atoms with Crippen molar-refractivity contribution >= 4 is 17.9 Å². The van der Waals surface area contributed by atoms with E-state index in [1.54, 1.807) is 6.92 Å². The number of anilines is 1. The molecule has 0 aliphatic carbocycles. The summed E-state index contributed by atoms with van der Waals surface area (Å²) in [5, 5.41) is 5.83. The van der Waals surface area contributed by atoms with Crippen LogP contribution >= 0.6 is 0 Å². The number of nitrogens with one attached hydrogen (secondary N) is 2. The van der Waals surface area contributed by atoms with Crippen molar-refractivity contribution in [1.82, 2.24) is 5.32 Å². The molecule has 4 heteroatoms. The Morgan fingerprint density at radius 3 is 2.33 bits per heavy atom. The van der Waals surface area contributed by atoms with E-state index in [0.29, 0.717) is 13.0 Å². The van der Waals surface area contributed by atoms with Crippen molar-refractivity contribution in [1.29, 1.82) is 0 Å². The van der Waals surface area contributed by atoms with Gasteiger partial charge in [-0.3, -0.25) is 9.59 Å². The summed E-state index contributed by atoms with van der Waals surface area (Å²) in [5.41, 5.74) is 1.94. The van der Waals surface area contributed by atoms with Crippen LogP contribution in [-0.2, 0) is 16.1 Å². The molecule has 0 fully saturated rings. The molecule has 1 unspecified atom stereocenters. The summed E-state index contributed by atoms with van der Waals surface area (Å²) in [7, 11) is 0. The second-order valence-electron chi connectivity index (χ2n) is 4.67. The van der Waals surface area contributed by atoms with Crippen molar-refractivity contribution < 1.29 is 9.59 Å². The Labute approximate surface area is 108 Å². The Kier molecular flexibility index (Phi) is 5.36. The van der Waals surface area contributed by atoms with Crippen molar-refractivity contribution in [3.8, 4) is 0 Å². The van der Waals surface area contributed by atoms with Crippen LogP contribution in [-0.4, -0.2) is 18.2 Å². The van der Waals surface area contributed by atoms with Crippen LogP contribution in [0.4, 0.5) is 5.69 Å². The van der Waals surface area contributed by atoms with E-state index in [0.717, 1.165) is 11.3 Å². The number of amides is 1. The molecular weight excluding hydrogens is 228 g/mol. The molecule has 4 nitrogen and oxygen atoms in total. The Balaban J connectivity index is 2.67. The van der Waals surface area contributed by atoms with E-state index < -0.39 is 0 Å². The van der Waals surface area contributed by atoms with Crippen LogP contribution in [0.25, 0.3) is 0 Å².